The molecule has 0 unspecified atom stereocenters. The third kappa shape index (κ3) is 4.34. The molecule has 0 bridgehead atoms. The number of rotatable bonds is 4. The molecule has 0 aliphatic carbocycles. The van der Waals surface area contributed by atoms with Gasteiger partial charge < -0.3 is 20.1 Å². The van der Waals surface area contributed by atoms with Gasteiger partial charge in [-0.3, -0.25) is 0 Å². The van der Waals surface area contributed by atoms with E-state index in [0.29, 0.717) is 10.9 Å². The third-order valence-corrected chi connectivity index (χ3v) is 3.44. The minimum Gasteiger partial charge on any atom is -0.497 e. The molecule has 2 aromatic rings. The van der Waals surface area contributed by atoms with Crippen molar-refractivity contribution in [1.29, 1.82) is 0 Å². The Morgan fingerprint density at radius 2 is 1.86 bits per heavy atom. The van der Waals surface area contributed by atoms with Crippen LogP contribution in [0.2, 0.25) is 0 Å². The number of benzene rings is 2. The van der Waals surface area contributed by atoms with Crippen LogP contribution in [-0.4, -0.2) is 19.3 Å². The summed E-state index contributed by atoms with van der Waals surface area (Å²) >= 11 is 8.73. The van der Waals surface area contributed by atoms with Gasteiger partial charge in [-0.05, 0) is 42.5 Å². The largest absolute Gasteiger partial charge is 0.497 e. The van der Waals surface area contributed by atoms with Crippen molar-refractivity contribution in [2.24, 2.45) is 0 Å². The topological polar surface area (TPSA) is 42.5 Å². The average Bonchev–Trinajstić information content (AvgIpc) is 2.47. The maximum atomic E-state index is 5.32. The van der Waals surface area contributed by atoms with Gasteiger partial charge in [-0.1, -0.05) is 22.0 Å². The van der Waals surface area contributed by atoms with Gasteiger partial charge in [-0.25, -0.2) is 0 Å². The Bertz CT molecular complexity index is 649. The first-order chi connectivity index (χ1) is 10.1. The predicted octanol–water partition coefficient (Wildman–Crippen LogP) is 4.28. The van der Waals surface area contributed by atoms with Crippen LogP contribution in [0, 0.1) is 0 Å². The average molecular weight is 367 g/mol. The summed E-state index contributed by atoms with van der Waals surface area (Å²) in [7, 11) is 3.21. The summed E-state index contributed by atoms with van der Waals surface area (Å²) in [6.45, 7) is 0. The van der Waals surface area contributed by atoms with Gasteiger partial charge in [0.25, 0.3) is 0 Å². The highest BCUT2D eigenvalue weighted by atomic mass is 79.9. The van der Waals surface area contributed by atoms with Crippen molar-refractivity contribution < 1.29 is 9.47 Å². The summed E-state index contributed by atoms with van der Waals surface area (Å²) in [5, 5.41) is 6.70. The van der Waals surface area contributed by atoms with Crippen molar-refractivity contribution in [3.8, 4) is 11.5 Å². The molecule has 2 rings (SSSR count). The van der Waals surface area contributed by atoms with Crippen molar-refractivity contribution in [2.45, 2.75) is 0 Å². The molecule has 0 heterocycles. The number of thiocarbonyl (C=S) groups is 1. The van der Waals surface area contributed by atoms with Crippen LogP contribution in [0.25, 0.3) is 0 Å². The van der Waals surface area contributed by atoms with Gasteiger partial charge in [0.2, 0.25) is 0 Å². The second-order valence-corrected chi connectivity index (χ2v) is 5.48. The minimum atomic E-state index is 0.483. The number of hydrogen-bond acceptors (Lipinski definition) is 3. The molecule has 0 fully saturated rings. The van der Waals surface area contributed by atoms with Crippen LogP contribution in [0.3, 0.4) is 0 Å². The van der Waals surface area contributed by atoms with Crippen LogP contribution < -0.4 is 20.1 Å². The minimum absolute atomic E-state index is 0.483. The second-order valence-electron chi connectivity index (χ2n) is 4.16. The van der Waals surface area contributed by atoms with Crippen molar-refractivity contribution in [1.82, 2.24) is 0 Å². The molecule has 0 aliphatic rings. The molecule has 21 heavy (non-hydrogen) atoms. The summed E-state index contributed by atoms with van der Waals surface area (Å²) in [4.78, 5) is 0. The van der Waals surface area contributed by atoms with E-state index < -0.39 is 0 Å². The Balaban J connectivity index is 2.09. The van der Waals surface area contributed by atoms with Crippen molar-refractivity contribution in [3.63, 3.8) is 0 Å². The van der Waals surface area contributed by atoms with E-state index in [9.17, 15) is 0 Å². The van der Waals surface area contributed by atoms with Crippen molar-refractivity contribution in [3.05, 3.63) is 46.9 Å². The van der Waals surface area contributed by atoms with Gasteiger partial charge in [0.15, 0.2) is 5.11 Å². The molecule has 0 spiro atoms. The van der Waals surface area contributed by atoms with Gasteiger partial charge in [0, 0.05) is 16.2 Å². The fourth-order valence-electron chi connectivity index (χ4n) is 1.75. The number of ether oxygens (including phenoxy) is 2. The fraction of sp³-hybridized carbons (Fsp3) is 0.133. The van der Waals surface area contributed by atoms with Gasteiger partial charge in [0.1, 0.15) is 11.5 Å². The molecule has 2 N–H and O–H groups in total. The zero-order valence-electron chi connectivity index (χ0n) is 11.6. The van der Waals surface area contributed by atoms with Crippen LogP contribution in [0.5, 0.6) is 11.5 Å². The van der Waals surface area contributed by atoms with Crippen LogP contribution in [0.4, 0.5) is 11.4 Å². The van der Waals surface area contributed by atoms with Crippen molar-refractivity contribution in [2.75, 3.05) is 24.9 Å². The molecule has 4 nitrogen and oxygen atoms in total. The van der Waals surface area contributed by atoms with Crippen LogP contribution in [0.1, 0.15) is 0 Å². The Hall–Kier alpha value is -1.79. The molecule has 0 amide bonds. The molecule has 0 aliphatic heterocycles. The summed E-state index contributed by atoms with van der Waals surface area (Å²) < 4.78 is 11.5. The van der Waals surface area contributed by atoms with E-state index in [-0.39, 0.29) is 0 Å². The van der Waals surface area contributed by atoms with E-state index >= 15 is 0 Å². The zero-order valence-corrected chi connectivity index (χ0v) is 14.0. The maximum Gasteiger partial charge on any atom is 0.175 e. The van der Waals surface area contributed by atoms with E-state index in [2.05, 4.69) is 26.6 Å². The van der Waals surface area contributed by atoms with Crippen LogP contribution in [0.15, 0.2) is 46.9 Å². The quantitative estimate of drug-likeness (QED) is 0.790. The molecular weight excluding hydrogens is 352 g/mol. The molecule has 0 aromatic heterocycles. The van der Waals surface area contributed by atoms with E-state index in [1.54, 1.807) is 20.3 Å². The summed E-state index contributed by atoms with van der Waals surface area (Å²) in [6.07, 6.45) is 0. The maximum absolute atomic E-state index is 5.32. The number of anilines is 2. The number of halogens is 1. The smallest absolute Gasteiger partial charge is 0.175 e. The Morgan fingerprint density at radius 1 is 1.05 bits per heavy atom. The van der Waals surface area contributed by atoms with E-state index in [1.165, 1.54) is 0 Å². The summed E-state index contributed by atoms with van der Waals surface area (Å²) in [5.74, 6) is 1.39. The van der Waals surface area contributed by atoms with E-state index in [0.717, 1.165) is 21.6 Å². The van der Waals surface area contributed by atoms with Gasteiger partial charge in [-0.2, -0.15) is 0 Å². The van der Waals surface area contributed by atoms with E-state index in [1.807, 2.05) is 36.4 Å². The summed E-state index contributed by atoms with van der Waals surface area (Å²) in [6, 6.07) is 13.3. The Labute approximate surface area is 137 Å². The Morgan fingerprint density at radius 3 is 2.52 bits per heavy atom. The van der Waals surface area contributed by atoms with Crippen LogP contribution in [-0.2, 0) is 0 Å². The standard InChI is InChI=1S/C15H15BrN2O2S/c1-19-12-6-7-13(14(9-12)20-2)18-15(21)17-11-5-3-4-10(16)8-11/h3-9H,1-2H3,(H2,17,18,21). The first-order valence-corrected chi connectivity index (χ1v) is 7.38. The third-order valence-electron chi connectivity index (χ3n) is 2.74. The second kappa shape index (κ2) is 7.28. The van der Waals surface area contributed by atoms with E-state index in [4.69, 9.17) is 21.7 Å². The molecule has 0 atom stereocenters. The zero-order chi connectivity index (χ0) is 15.2. The first-order valence-electron chi connectivity index (χ1n) is 6.18. The molecule has 2 aromatic carbocycles. The molecule has 110 valence electrons. The predicted molar refractivity (Wildman–Crippen MR) is 93.5 cm³/mol. The van der Waals surface area contributed by atoms with Gasteiger partial charge in [0.05, 0.1) is 19.9 Å². The first kappa shape index (κ1) is 15.6. The van der Waals surface area contributed by atoms with Gasteiger partial charge >= 0.3 is 0 Å². The molecule has 6 heteroatoms. The molecular formula is C15H15BrN2O2S. The number of nitrogens with one attached hydrogen (secondary N) is 2. The SMILES string of the molecule is COc1ccc(NC(=S)Nc2cccc(Br)c2)c(OC)c1. The summed E-state index contributed by atoms with van der Waals surface area (Å²) in [5.41, 5.74) is 1.67. The fourth-order valence-corrected chi connectivity index (χ4v) is 2.38. The lowest BCUT2D eigenvalue weighted by molar-refractivity contribution is 0.395. The highest BCUT2D eigenvalue weighted by Gasteiger charge is 2.07. The van der Waals surface area contributed by atoms with Crippen LogP contribution >= 0.6 is 28.1 Å². The Kier molecular flexibility index (Phi) is 5.41. The lowest BCUT2D eigenvalue weighted by Crippen LogP contribution is -2.19. The highest BCUT2D eigenvalue weighted by Crippen LogP contribution is 2.29. The molecule has 0 saturated heterocycles. The lowest BCUT2D eigenvalue weighted by atomic mass is 10.2. The highest BCUT2D eigenvalue weighted by molar-refractivity contribution is 9.10. The molecule has 0 radical (unpaired) electrons. The monoisotopic (exact) mass is 366 g/mol. The molecule has 0 saturated carbocycles. The normalized spacial score (nSPS) is 9.86. The van der Waals surface area contributed by atoms with Crippen molar-refractivity contribution >= 4 is 44.6 Å². The number of hydrogen-bond donors (Lipinski definition) is 2. The van der Waals surface area contributed by atoms with Gasteiger partial charge in [-0.15, -0.1) is 0 Å². The number of methoxy groups -OCH3 is 2. The lowest BCUT2D eigenvalue weighted by Gasteiger charge is -2.14.